The fourth-order valence-electron chi connectivity index (χ4n) is 10.5. The number of ether oxygens (including phenoxy) is 6. The smallest absolute Gasteiger partial charge is 0.407 e. The lowest BCUT2D eigenvalue weighted by Crippen LogP contribution is -2.61. The number of aliphatic hydroxyl groups is 4. The quantitative estimate of drug-likeness (QED) is 0.0167. The minimum Gasteiger partial charge on any atom is -0.479 e. The van der Waals surface area contributed by atoms with E-state index in [4.69, 9.17) is 39.8 Å². The van der Waals surface area contributed by atoms with Gasteiger partial charge in [-0.15, -0.1) is 12.3 Å². The number of nitrogens with one attached hydrogen (secondary N) is 5. The van der Waals surface area contributed by atoms with E-state index in [9.17, 15) is 63.9 Å². The lowest BCUT2D eigenvalue weighted by molar-refractivity contribution is -0.271. The average Bonchev–Trinajstić information content (AvgIpc) is 1.48. The Balaban J connectivity index is 0.831. The van der Waals surface area contributed by atoms with Gasteiger partial charge in [0.25, 0.3) is 11.5 Å². The molecule has 2 unspecified atom stereocenters. The molecular formula is C57H66FN7O19. The van der Waals surface area contributed by atoms with Crippen LogP contribution < -0.4 is 36.9 Å². The Bertz CT molecular complexity index is 3330. The van der Waals surface area contributed by atoms with E-state index in [0.717, 1.165) is 25.7 Å². The molecule has 4 aromatic rings. The van der Waals surface area contributed by atoms with Gasteiger partial charge in [0.1, 0.15) is 69.6 Å². The van der Waals surface area contributed by atoms with Crippen molar-refractivity contribution >= 4 is 52.6 Å². The molecule has 0 spiro atoms. The van der Waals surface area contributed by atoms with Crippen molar-refractivity contribution in [3.63, 3.8) is 0 Å². The number of carbonyl (C=O) groups is 7. The van der Waals surface area contributed by atoms with Gasteiger partial charge in [-0.25, -0.2) is 23.8 Å². The maximum absolute atomic E-state index is 15.4. The topological polar surface area (TPSA) is 371 Å². The number of aliphatic carboxylic acids is 1. The molecule has 26 nitrogen and oxygen atoms in total. The molecule has 8 atom stereocenters. The number of carbonyl (C=O) groups excluding carboxylic acids is 6. The Labute approximate surface area is 479 Å². The first-order chi connectivity index (χ1) is 40.1. The number of aromatic nitrogens is 2. The molecular weight excluding hydrogens is 1110 g/mol. The van der Waals surface area contributed by atoms with Crippen LogP contribution in [0.4, 0.5) is 9.18 Å². The molecule has 4 aliphatic rings. The van der Waals surface area contributed by atoms with Gasteiger partial charge in [-0.3, -0.25) is 24.0 Å². The van der Waals surface area contributed by atoms with E-state index in [1.54, 1.807) is 19.9 Å². The number of hydrogen-bond donors (Lipinski definition) is 10. The van der Waals surface area contributed by atoms with Crippen molar-refractivity contribution in [3.8, 4) is 29.5 Å². The predicted molar refractivity (Wildman–Crippen MR) is 290 cm³/mol. The van der Waals surface area contributed by atoms with Gasteiger partial charge < -0.3 is 85.1 Å². The third-order valence-corrected chi connectivity index (χ3v) is 15.1. The molecule has 2 aromatic carbocycles. The highest BCUT2D eigenvalue weighted by Crippen LogP contribution is 2.46. The molecule has 84 heavy (non-hydrogen) atoms. The summed E-state index contributed by atoms with van der Waals surface area (Å²) in [5.74, 6) is -3.31. The number of terminal acetylenes is 1. The Morgan fingerprint density at radius 3 is 2.46 bits per heavy atom. The van der Waals surface area contributed by atoms with Crippen molar-refractivity contribution in [3.05, 3.63) is 91.0 Å². The minimum atomic E-state index is -2.07. The summed E-state index contributed by atoms with van der Waals surface area (Å²) in [4.78, 5) is 108. The normalized spacial score (nSPS) is 21.3. The van der Waals surface area contributed by atoms with Crippen molar-refractivity contribution in [2.24, 2.45) is 0 Å². The number of hydrogen-bond acceptors (Lipinski definition) is 19. The number of unbranched alkanes of at least 4 members (excludes halogenated alkanes) is 3. The highest BCUT2D eigenvalue weighted by molar-refractivity contribution is 5.97. The van der Waals surface area contributed by atoms with Crippen LogP contribution in [0.25, 0.3) is 22.3 Å². The monoisotopic (exact) mass is 1170 g/mol. The second-order valence-electron chi connectivity index (χ2n) is 20.7. The van der Waals surface area contributed by atoms with Crippen LogP contribution in [0.5, 0.6) is 5.75 Å². The van der Waals surface area contributed by atoms with Crippen LogP contribution in [0, 0.1) is 25.1 Å². The van der Waals surface area contributed by atoms with Gasteiger partial charge >= 0.3 is 18.0 Å². The number of cyclic esters (lactones) is 1. The molecule has 3 aliphatic heterocycles. The van der Waals surface area contributed by atoms with Crippen LogP contribution in [0.2, 0.25) is 0 Å². The molecule has 10 N–H and O–H groups in total. The molecule has 1 saturated heterocycles. The van der Waals surface area contributed by atoms with Gasteiger partial charge in [0, 0.05) is 42.1 Å². The summed E-state index contributed by atoms with van der Waals surface area (Å²) >= 11 is 0. The number of carboxylic acids is 1. The maximum atomic E-state index is 15.4. The summed E-state index contributed by atoms with van der Waals surface area (Å²) in [6, 6.07) is 5.97. The van der Waals surface area contributed by atoms with Crippen LogP contribution in [-0.4, -0.2) is 153 Å². The molecule has 0 radical (unpaired) electrons. The first-order valence-electron chi connectivity index (χ1n) is 27.3. The van der Waals surface area contributed by atoms with Crippen molar-refractivity contribution in [1.82, 2.24) is 36.1 Å². The van der Waals surface area contributed by atoms with Gasteiger partial charge in [-0.2, -0.15) is 0 Å². The number of halogens is 1. The van der Waals surface area contributed by atoms with E-state index in [-0.39, 0.29) is 78.9 Å². The van der Waals surface area contributed by atoms with Crippen LogP contribution >= 0.6 is 0 Å². The number of carboxylic acid groups (broad SMARTS) is 1. The molecule has 1 aliphatic carbocycles. The summed E-state index contributed by atoms with van der Waals surface area (Å²) in [6.07, 6.45) is -1.07. The average molecular weight is 1170 g/mol. The Morgan fingerprint density at radius 1 is 0.940 bits per heavy atom. The van der Waals surface area contributed by atoms with Crippen LogP contribution in [0.1, 0.15) is 114 Å². The zero-order valence-electron chi connectivity index (χ0n) is 46.3. The number of alkyl carbamates (subject to hydrolysis) is 1. The molecule has 0 saturated carbocycles. The van der Waals surface area contributed by atoms with Gasteiger partial charge in [-0.05, 0) is 86.4 Å². The number of rotatable bonds is 25. The standard InChI is InChI=1S/C57H66FN7O19/c1-5-7-8-9-10-11-28(3)80-26-42(67)59-16-17-60-51(72)32-18-30(12-15-40(32)83-54-49(71)47(69)48(70)50(84-54)53(74)75)23-82-56(77)61-21-41(66)62-27-79-25-43(68)63-37-14-13-31-29(4)36(58)20-38-44(31)45(37)33-22-65-39(46(33)64-38)19-35-34(52(65)73)24-81-55(76)57(35,78)6-2/h1,12,15,18-20,28,37,47-50,54,69-71,78H,6-11,13-14,16-17,21-27H2,2-4H3,(H,59,67)(H,60,72)(H,61,77)(H,62,66)(H,63,68)(H,74,75)/t28?,37-,47-,48-,49+,50?,54+,57-/m0/s1. The highest BCUT2D eigenvalue weighted by atomic mass is 19.1. The maximum Gasteiger partial charge on any atom is 0.407 e. The van der Waals surface area contributed by atoms with E-state index >= 15 is 4.39 Å². The third kappa shape index (κ3) is 13.6. The molecule has 5 amide bonds. The van der Waals surface area contributed by atoms with E-state index in [2.05, 4.69) is 32.5 Å². The number of aliphatic hydroxyl groups excluding tert-OH is 3. The number of pyridine rings is 2. The predicted octanol–water partition coefficient (Wildman–Crippen LogP) is 0.753. The van der Waals surface area contributed by atoms with E-state index in [1.165, 1.54) is 28.8 Å². The lowest BCUT2D eigenvalue weighted by Gasteiger charge is -2.38. The summed E-state index contributed by atoms with van der Waals surface area (Å²) in [5.41, 5.74) is 0.886. The summed E-state index contributed by atoms with van der Waals surface area (Å²) in [7, 11) is 0. The number of aryl methyl sites for hydroxylation is 1. The molecule has 1 fully saturated rings. The Morgan fingerprint density at radius 2 is 1.71 bits per heavy atom. The zero-order valence-corrected chi connectivity index (χ0v) is 46.3. The Kier molecular flexibility index (Phi) is 20.0. The fraction of sp³-hybridized carbons (Fsp3) is 0.491. The molecule has 2 aromatic heterocycles. The first-order valence-corrected chi connectivity index (χ1v) is 27.3. The minimum absolute atomic E-state index is 0.0302. The van der Waals surface area contributed by atoms with Gasteiger partial charge in [0.15, 0.2) is 11.7 Å². The van der Waals surface area contributed by atoms with Gasteiger partial charge in [0.2, 0.25) is 24.0 Å². The first kappa shape index (κ1) is 62.0. The van der Waals surface area contributed by atoms with Crippen LogP contribution in [0.15, 0.2) is 35.1 Å². The van der Waals surface area contributed by atoms with Crippen molar-refractivity contribution in [2.75, 3.05) is 39.6 Å². The van der Waals surface area contributed by atoms with Gasteiger partial charge in [0.05, 0.1) is 46.7 Å². The second-order valence-corrected chi connectivity index (χ2v) is 20.7. The summed E-state index contributed by atoms with van der Waals surface area (Å²) in [5, 5.41) is 65.4. The highest BCUT2D eigenvalue weighted by Gasteiger charge is 2.49. The van der Waals surface area contributed by atoms with E-state index < -0.39 is 122 Å². The number of amides is 5. The van der Waals surface area contributed by atoms with Crippen molar-refractivity contribution in [1.29, 1.82) is 0 Å². The number of fused-ring (bicyclic) bond motifs is 5. The largest absolute Gasteiger partial charge is 0.479 e. The van der Waals surface area contributed by atoms with Crippen molar-refractivity contribution < 1.29 is 91.9 Å². The number of benzene rings is 2. The third-order valence-electron chi connectivity index (χ3n) is 15.1. The van der Waals surface area contributed by atoms with Crippen LogP contribution in [0.3, 0.4) is 0 Å². The van der Waals surface area contributed by atoms with E-state index in [0.29, 0.717) is 58.3 Å². The van der Waals surface area contributed by atoms with Crippen LogP contribution in [-0.2, 0) is 79.4 Å². The second kappa shape index (κ2) is 27.1. The number of esters is 1. The van der Waals surface area contributed by atoms with E-state index in [1.807, 2.05) is 6.92 Å². The Hall–Kier alpha value is -8.10. The molecule has 0 bridgehead atoms. The summed E-state index contributed by atoms with van der Waals surface area (Å²) < 4.78 is 49.3. The number of nitrogens with zero attached hydrogens (tertiary/aromatic N) is 2. The molecule has 8 rings (SSSR count). The molecule has 27 heteroatoms. The zero-order chi connectivity index (χ0) is 60.6. The molecule has 5 heterocycles. The SMILES string of the molecule is C#CCCCCCC(C)OCC(=O)NCCNC(=O)c1cc(COC(=O)NCC(=O)NCOCC(=O)N[C@H]2CCc3c(C)c(F)cc4nc5c(c2c34)Cn2c-5cc3c(c2=O)COC(=O)[C@]3(O)CC)ccc1O[C@@H]1OC(C(=O)O)[C@@H](O)[C@H](O)[C@H]1O. The fourth-order valence-corrected chi connectivity index (χ4v) is 10.5. The molecule has 450 valence electrons. The lowest BCUT2D eigenvalue weighted by atomic mass is 9.81. The van der Waals surface area contributed by atoms with Gasteiger partial charge in [-0.1, -0.05) is 25.8 Å². The van der Waals surface area contributed by atoms with Crippen molar-refractivity contribution in [2.45, 2.75) is 140 Å². The summed E-state index contributed by atoms with van der Waals surface area (Å²) in [6.45, 7) is 2.35.